The van der Waals surface area contributed by atoms with Gasteiger partial charge in [0.25, 0.3) is 11.6 Å². The predicted molar refractivity (Wildman–Crippen MR) is 101 cm³/mol. The first-order chi connectivity index (χ1) is 12.4. The van der Waals surface area contributed by atoms with Crippen molar-refractivity contribution < 1.29 is 9.72 Å². The molecule has 1 aromatic heterocycles. The monoisotopic (exact) mass is 387 g/mol. The van der Waals surface area contributed by atoms with Crippen LogP contribution in [0.2, 0.25) is 5.02 Å². The van der Waals surface area contributed by atoms with E-state index in [0.717, 1.165) is 22.2 Å². The maximum Gasteiger partial charge on any atom is 0.281 e. The second-order valence-electron chi connectivity index (χ2n) is 5.55. The van der Waals surface area contributed by atoms with Crippen LogP contribution in [0.25, 0.3) is 11.3 Å². The lowest BCUT2D eigenvalue weighted by molar-refractivity contribution is -0.384. The second-order valence-corrected chi connectivity index (χ2v) is 7.14. The maximum atomic E-state index is 12.5. The quantitative estimate of drug-likeness (QED) is 0.494. The number of nitro benzene ring substituents is 1. The first kappa shape index (κ1) is 18.0. The van der Waals surface area contributed by atoms with Gasteiger partial charge in [-0.1, -0.05) is 41.9 Å². The van der Waals surface area contributed by atoms with Gasteiger partial charge in [-0.2, -0.15) is 4.99 Å². The zero-order valence-electron chi connectivity index (χ0n) is 14.0. The van der Waals surface area contributed by atoms with Gasteiger partial charge in [-0.25, -0.2) is 0 Å². The first-order valence-electron chi connectivity index (χ1n) is 7.63. The summed E-state index contributed by atoms with van der Waals surface area (Å²) in [5.41, 5.74) is 1.79. The third-order valence-corrected chi connectivity index (χ3v) is 5.21. The van der Waals surface area contributed by atoms with E-state index in [1.54, 1.807) is 0 Å². The summed E-state index contributed by atoms with van der Waals surface area (Å²) in [6.45, 7) is 1.96. The number of aryl methyl sites for hydroxylation is 1. The van der Waals surface area contributed by atoms with Crippen molar-refractivity contribution >= 4 is 34.5 Å². The van der Waals surface area contributed by atoms with Gasteiger partial charge in [-0.05, 0) is 18.6 Å². The standard InChI is InChI=1S/C18H14ClN3O3S/c1-11-16(12-6-4-3-5-7-12)21(2)18(26-11)20-17(23)14-10-13(22(24)25)8-9-15(14)19/h3-10H,1-2H3. The largest absolute Gasteiger partial charge is 0.319 e. The van der Waals surface area contributed by atoms with Crippen LogP contribution in [0.1, 0.15) is 15.2 Å². The first-order valence-corrected chi connectivity index (χ1v) is 8.82. The molecule has 0 spiro atoms. The molecule has 1 amide bonds. The SMILES string of the molecule is Cc1sc(=NC(=O)c2cc([N+](=O)[O-])ccc2Cl)n(C)c1-c1ccccc1. The van der Waals surface area contributed by atoms with E-state index >= 15 is 0 Å². The lowest BCUT2D eigenvalue weighted by Gasteiger charge is -2.04. The second kappa shape index (κ2) is 7.23. The van der Waals surface area contributed by atoms with Crippen molar-refractivity contribution in [3.8, 4) is 11.3 Å². The summed E-state index contributed by atoms with van der Waals surface area (Å²) in [5.74, 6) is -0.616. The van der Waals surface area contributed by atoms with Crippen molar-refractivity contribution in [1.29, 1.82) is 0 Å². The van der Waals surface area contributed by atoms with Gasteiger partial charge in [0, 0.05) is 24.1 Å². The number of rotatable bonds is 3. The van der Waals surface area contributed by atoms with Gasteiger partial charge in [0.2, 0.25) is 0 Å². The fourth-order valence-electron chi connectivity index (χ4n) is 2.61. The van der Waals surface area contributed by atoms with Gasteiger partial charge in [0.15, 0.2) is 4.80 Å². The van der Waals surface area contributed by atoms with Crippen LogP contribution in [0.5, 0.6) is 0 Å². The molecule has 0 fully saturated rings. The van der Waals surface area contributed by atoms with Crippen LogP contribution in [-0.2, 0) is 7.05 Å². The molecule has 1 heterocycles. The summed E-state index contributed by atoms with van der Waals surface area (Å²) in [6.07, 6.45) is 0. The zero-order valence-corrected chi connectivity index (χ0v) is 15.5. The summed E-state index contributed by atoms with van der Waals surface area (Å²) in [6, 6.07) is 13.5. The number of thiazole rings is 1. The summed E-state index contributed by atoms with van der Waals surface area (Å²) in [5, 5.41) is 11.1. The normalized spacial score (nSPS) is 11.6. The Bertz CT molecular complexity index is 1070. The third kappa shape index (κ3) is 3.44. The summed E-state index contributed by atoms with van der Waals surface area (Å²) in [7, 11) is 1.83. The van der Waals surface area contributed by atoms with Crippen LogP contribution in [0.15, 0.2) is 53.5 Å². The smallest absolute Gasteiger partial charge is 0.281 e. The highest BCUT2D eigenvalue weighted by Gasteiger charge is 2.16. The molecule has 0 saturated heterocycles. The number of benzene rings is 2. The molecule has 132 valence electrons. The molecular formula is C18H14ClN3O3S. The fraction of sp³-hybridized carbons (Fsp3) is 0.111. The number of aromatic nitrogens is 1. The van der Waals surface area contributed by atoms with Crippen LogP contribution in [0.3, 0.4) is 0 Å². The molecule has 8 heteroatoms. The highest BCUT2D eigenvalue weighted by atomic mass is 35.5. The van der Waals surface area contributed by atoms with Gasteiger partial charge < -0.3 is 4.57 Å². The summed E-state index contributed by atoms with van der Waals surface area (Å²) in [4.78, 5) is 28.5. The van der Waals surface area contributed by atoms with Crippen molar-refractivity contribution in [2.75, 3.05) is 0 Å². The average molecular weight is 388 g/mol. The number of carbonyl (C=O) groups is 1. The maximum absolute atomic E-state index is 12.5. The molecule has 0 saturated carbocycles. The lowest BCUT2D eigenvalue weighted by atomic mass is 10.1. The lowest BCUT2D eigenvalue weighted by Crippen LogP contribution is -2.14. The molecule has 0 unspecified atom stereocenters. The molecule has 6 nitrogen and oxygen atoms in total. The summed E-state index contributed by atoms with van der Waals surface area (Å²) < 4.78 is 1.83. The molecule has 0 aliphatic rings. The van der Waals surface area contributed by atoms with E-state index < -0.39 is 10.8 Å². The molecule has 3 rings (SSSR count). The van der Waals surface area contributed by atoms with E-state index in [1.807, 2.05) is 48.9 Å². The number of hydrogen-bond acceptors (Lipinski definition) is 4. The number of halogens is 1. The van der Waals surface area contributed by atoms with E-state index in [2.05, 4.69) is 4.99 Å². The van der Waals surface area contributed by atoms with Crippen molar-refractivity contribution in [2.24, 2.45) is 12.0 Å². The molecule has 26 heavy (non-hydrogen) atoms. The number of nitrogens with zero attached hydrogens (tertiary/aromatic N) is 3. The molecule has 2 aromatic carbocycles. The molecule has 0 radical (unpaired) electrons. The Morgan fingerprint density at radius 1 is 1.23 bits per heavy atom. The Morgan fingerprint density at radius 2 is 1.92 bits per heavy atom. The van der Waals surface area contributed by atoms with E-state index in [-0.39, 0.29) is 16.3 Å². The zero-order chi connectivity index (χ0) is 18.8. The molecule has 0 N–H and O–H groups in total. The van der Waals surface area contributed by atoms with Crippen LogP contribution in [-0.4, -0.2) is 15.4 Å². The van der Waals surface area contributed by atoms with Gasteiger partial charge in [-0.3, -0.25) is 14.9 Å². The van der Waals surface area contributed by atoms with Gasteiger partial charge in [0.1, 0.15) is 0 Å². The minimum Gasteiger partial charge on any atom is -0.319 e. The minimum atomic E-state index is -0.616. The predicted octanol–water partition coefficient (Wildman–Crippen LogP) is 4.36. The summed E-state index contributed by atoms with van der Waals surface area (Å²) >= 11 is 7.40. The Balaban J connectivity index is 2.08. The Hall–Kier alpha value is -2.77. The Morgan fingerprint density at radius 3 is 2.58 bits per heavy atom. The third-order valence-electron chi connectivity index (χ3n) is 3.84. The van der Waals surface area contributed by atoms with E-state index in [4.69, 9.17) is 11.6 Å². The Kier molecular flexibility index (Phi) is 5.01. The van der Waals surface area contributed by atoms with Gasteiger partial charge >= 0.3 is 0 Å². The molecular weight excluding hydrogens is 374 g/mol. The fourth-order valence-corrected chi connectivity index (χ4v) is 3.79. The van der Waals surface area contributed by atoms with Gasteiger partial charge in [0.05, 0.1) is 21.2 Å². The number of carbonyl (C=O) groups excluding carboxylic acids is 1. The van der Waals surface area contributed by atoms with Crippen molar-refractivity contribution in [1.82, 2.24) is 4.57 Å². The highest BCUT2D eigenvalue weighted by Crippen LogP contribution is 2.25. The van der Waals surface area contributed by atoms with Crippen LogP contribution < -0.4 is 4.80 Å². The number of hydrogen-bond donors (Lipinski definition) is 0. The van der Waals surface area contributed by atoms with Crippen LogP contribution >= 0.6 is 22.9 Å². The molecule has 0 aliphatic heterocycles. The number of nitro groups is 1. The molecule has 0 bridgehead atoms. The Labute approximate surface area is 158 Å². The molecule has 0 aliphatic carbocycles. The average Bonchev–Trinajstić information content (AvgIpc) is 2.89. The van der Waals surface area contributed by atoms with Crippen LogP contribution in [0.4, 0.5) is 5.69 Å². The van der Waals surface area contributed by atoms with Crippen molar-refractivity contribution in [2.45, 2.75) is 6.92 Å². The molecule has 0 atom stereocenters. The van der Waals surface area contributed by atoms with E-state index in [1.165, 1.54) is 23.5 Å². The topological polar surface area (TPSA) is 77.5 Å². The van der Waals surface area contributed by atoms with Crippen LogP contribution in [0, 0.1) is 17.0 Å². The van der Waals surface area contributed by atoms with Crippen molar-refractivity contribution in [3.63, 3.8) is 0 Å². The molecule has 3 aromatic rings. The number of non-ortho nitro benzene ring substituents is 1. The van der Waals surface area contributed by atoms with Crippen molar-refractivity contribution in [3.05, 3.63) is 78.9 Å². The van der Waals surface area contributed by atoms with Gasteiger partial charge in [-0.15, -0.1) is 11.3 Å². The number of amides is 1. The van der Waals surface area contributed by atoms with E-state index in [0.29, 0.717) is 4.80 Å². The van der Waals surface area contributed by atoms with E-state index in [9.17, 15) is 14.9 Å². The highest BCUT2D eigenvalue weighted by molar-refractivity contribution is 7.09. The minimum absolute atomic E-state index is 0.00757.